The monoisotopic (exact) mass is 475 g/mol. The Morgan fingerprint density at radius 2 is 1.91 bits per heavy atom. The average molecular weight is 475 g/mol. The highest BCUT2D eigenvalue weighted by Gasteiger charge is 2.45. The van der Waals surface area contributed by atoms with Gasteiger partial charge in [0.15, 0.2) is 0 Å². The van der Waals surface area contributed by atoms with Crippen LogP contribution in [0.2, 0.25) is 0 Å². The van der Waals surface area contributed by atoms with Crippen molar-refractivity contribution in [2.24, 2.45) is 0 Å². The Bertz CT molecular complexity index is 1410. The van der Waals surface area contributed by atoms with E-state index >= 15 is 0 Å². The fourth-order valence-corrected chi connectivity index (χ4v) is 5.27. The Hall–Kier alpha value is -4.21. The van der Waals surface area contributed by atoms with Crippen LogP contribution in [-0.4, -0.2) is 41.6 Å². The molecule has 0 atom stereocenters. The van der Waals surface area contributed by atoms with Gasteiger partial charge in [-0.1, -0.05) is 0 Å². The maximum Gasteiger partial charge on any atom is 0.413 e. The highest BCUT2D eigenvalue weighted by molar-refractivity contribution is 6.07. The van der Waals surface area contributed by atoms with Crippen molar-refractivity contribution in [2.45, 2.75) is 24.9 Å². The number of fused-ring (bicyclic) bond motifs is 3. The molecular weight excluding hydrogens is 453 g/mol. The standard InChI is InChI=1S/C25H22FN5O4/c26-17-3-4-19-15(12-17)5-9-31(19)23(33)16-13-20(28-21(32)14-16)30-10-6-25(7-11-30)18-2-1-8-27-22(18)29-24(34)35-25/h1-4,8,12-14H,5-7,9-11H2,(H,28,32)(H,27,29,34). The molecule has 2 aromatic heterocycles. The molecule has 0 aliphatic carbocycles. The molecule has 0 radical (unpaired) electrons. The van der Waals surface area contributed by atoms with Gasteiger partial charge in [0, 0.05) is 61.6 Å². The Morgan fingerprint density at radius 1 is 1.09 bits per heavy atom. The Balaban J connectivity index is 1.25. The number of pyridine rings is 2. The molecular formula is C25H22FN5O4. The van der Waals surface area contributed by atoms with Gasteiger partial charge in [0.05, 0.1) is 0 Å². The SMILES string of the molecule is O=C1Nc2ncccc2C2(CCN(c3cc(C(=O)N4CCc5cc(F)ccc54)cc(=O)[nH]3)CC2)O1. The molecule has 0 saturated carbocycles. The number of aromatic amines is 1. The molecule has 1 spiro atoms. The zero-order chi connectivity index (χ0) is 24.2. The predicted octanol–water partition coefficient (Wildman–Crippen LogP) is 3.17. The van der Waals surface area contributed by atoms with Gasteiger partial charge in [-0.2, -0.15) is 0 Å². The minimum atomic E-state index is -0.787. The highest BCUT2D eigenvalue weighted by Crippen LogP contribution is 2.43. The summed E-state index contributed by atoms with van der Waals surface area (Å²) in [6.07, 6.45) is 2.66. The lowest BCUT2D eigenvalue weighted by molar-refractivity contribution is -0.00854. The summed E-state index contributed by atoms with van der Waals surface area (Å²) in [5.41, 5.74) is 1.37. The fraction of sp³-hybridized carbons (Fsp3) is 0.280. The number of ether oxygens (including phenoxy) is 1. The van der Waals surface area contributed by atoms with E-state index in [1.165, 1.54) is 18.2 Å². The summed E-state index contributed by atoms with van der Waals surface area (Å²) in [6, 6.07) is 11.0. The lowest BCUT2D eigenvalue weighted by atomic mass is 9.83. The van der Waals surface area contributed by atoms with Crippen LogP contribution in [-0.2, 0) is 16.8 Å². The van der Waals surface area contributed by atoms with Crippen molar-refractivity contribution in [3.05, 3.63) is 81.5 Å². The van der Waals surface area contributed by atoms with Crippen LogP contribution in [0.15, 0.2) is 53.5 Å². The summed E-state index contributed by atoms with van der Waals surface area (Å²) >= 11 is 0. The van der Waals surface area contributed by atoms with Crippen molar-refractivity contribution in [3.63, 3.8) is 0 Å². The summed E-state index contributed by atoms with van der Waals surface area (Å²) < 4.78 is 19.3. The van der Waals surface area contributed by atoms with Gasteiger partial charge < -0.3 is 19.5 Å². The number of carbonyl (C=O) groups excluding carboxylic acids is 2. The van der Waals surface area contributed by atoms with Gasteiger partial charge in [-0.15, -0.1) is 0 Å². The number of aromatic nitrogens is 2. The smallest absolute Gasteiger partial charge is 0.413 e. The summed E-state index contributed by atoms with van der Waals surface area (Å²) in [4.78, 5) is 48.6. The molecule has 2 amide bonds. The molecule has 5 heterocycles. The van der Waals surface area contributed by atoms with E-state index < -0.39 is 11.7 Å². The number of rotatable bonds is 2. The number of nitrogens with one attached hydrogen (secondary N) is 2. The molecule has 35 heavy (non-hydrogen) atoms. The van der Waals surface area contributed by atoms with Crippen LogP contribution in [0.5, 0.6) is 0 Å². The first-order valence-corrected chi connectivity index (χ1v) is 11.5. The number of amides is 2. The molecule has 2 N–H and O–H groups in total. The van der Waals surface area contributed by atoms with Crippen LogP contribution in [0.1, 0.15) is 34.3 Å². The highest BCUT2D eigenvalue weighted by atomic mass is 19.1. The maximum absolute atomic E-state index is 13.6. The van der Waals surface area contributed by atoms with Gasteiger partial charge in [-0.3, -0.25) is 14.9 Å². The van der Waals surface area contributed by atoms with E-state index in [0.29, 0.717) is 56.2 Å². The molecule has 3 aliphatic rings. The Kier molecular flexibility index (Phi) is 4.84. The third kappa shape index (κ3) is 3.61. The topological polar surface area (TPSA) is 108 Å². The van der Waals surface area contributed by atoms with E-state index in [0.717, 1.165) is 11.1 Å². The average Bonchev–Trinajstić information content (AvgIpc) is 3.26. The summed E-state index contributed by atoms with van der Waals surface area (Å²) in [7, 11) is 0. The van der Waals surface area contributed by atoms with Crippen molar-refractivity contribution >= 4 is 29.3 Å². The first kappa shape index (κ1) is 21.3. The maximum atomic E-state index is 13.6. The summed E-state index contributed by atoms with van der Waals surface area (Å²) in [6.45, 7) is 1.43. The zero-order valence-corrected chi connectivity index (χ0v) is 18.7. The number of hydrogen-bond donors (Lipinski definition) is 2. The molecule has 1 fully saturated rings. The first-order valence-electron chi connectivity index (χ1n) is 11.5. The molecule has 0 bridgehead atoms. The molecule has 3 aromatic rings. The number of H-pyrrole nitrogens is 1. The van der Waals surface area contributed by atoms with Gasteiger partial charge >= 0.3 is 6.09 Å². The minimum absolute atomic E-state index is 0.268. The van der Waals surface area contributed by atoms with E-state index in [2.05, 4.69) is 15.3 Å². The quantitative estimate of drug-likeness (QED) is 0.590. The van der Waals surface area contributed by atoms with E-state index in [4.69, 9.17) is 4.74 Å². The number of halogens is 1. The molecule has 3 aliphatic heterocycles. The lowest BCUT2D eigenvalue weighted by Gasteiger charge is -2.44. The lowest BCUT2D eigenvalue weighted by Crippen LogP contribution is -2.49. The zero-order valence-electron chi connectivity index (χ0n) is 18.7. The largest absolute Gasteiger partial charge is 0.437 e. The van der Waals surface area contributed by atoms with Crippen molar-refractivity contribution < 1.29 is 18.7 Å². The molecule has 178 valence electrons. The van der Waals surface area contributed by atoms with Crippen molar-refractivity contribution in [1.29, 1.82) is 0 Å². The number of hydrogen-bond acceptors (Lipinski definition) is 6. The summed E-state index contributed by atoms with van der Waals surface area (Å²) in [5.74, 6) is 0.394. The third-order valence-electron chi connectivity index (χ3n) is 6.98. The number of piperidine rings is 1. The Labute approximate surface area is 199 Å². The normalized spacial score (nSPS) is 18.0. The third-order valence-corrected chi connectivity index (χ3v) is 6.98. The van der Waals surface area contributed by atoms with Gasteiger partial charge in [-0.05, 0) is 48.4 Å². The summed E-state index contributed by atoms with van der Waals surface area (Å²) in [5, 5.41) is 2.64. The molecule has 6 rings (SSSR count). The van der Waals surface area contributed by atoms with Gasteiger partial charge in [0.1, 0.15) is 23.1 Å². The molecule has 1 aromatic carbocycles. The second-order valence-electron chi connectivity index (χ2n) is 8.99. The first-order chi connectivity index (χ1) is 16.9. The second-order valence-corrected chi connectivity index (χ2v) is 8.99. The molecule has 9 nitrogen and oxygen atoms in total. The number of benzene rings is 1. The fourth-order valence-electron chi connectivity index (χ4n) is 5.27. The van der Waals surface area contributed by atoms with Crippen molar-refractivity contribution in [2.75, 3.05) is 34.8 Å². The van der Waals surface area contributed by atoms with E-state index in [1.807, 2.05) is 17.0 Å². The van der Waals surface area contributed by atoms with Crippen molar-refractivity contribution in [1.82, 2.24) is 9.97 Å². The Morgan fingerprint density at radius 3 is 2.74 bits per heavy atom. The molecule has 0 unspecified atom stereocenters. The number of nitrogens with zero attached hydrogens (tertiary/aromatic N) is 3. The van der Waals surface area contributed by atoms with Crippen molar-refractivity contribution in [3.8, 4) is 0 Å². The molecule has 1 saturated heterocycles. The van der Waals surface area contributed by atoms with Crippen LogP contribution in [0, 0.1) is 5.82 Å². The van der Waals surface area contributed by atoms with Gasteiger partial charge in [0.25, 0.3) is 5.91 Å². The molecule has 10 heteroatoms. The minimum Gasteiger partial charge on any atom is -0.437 e. The van der Waals surface area contributed by atoms with Crippen LogP contribution < -0.4 is 20.7 Å². The van der Waals surface area contributed by atoms with Crippen LogP contribution >= 0.6 is 0 Å². The number of carbonyl (C=O) groups is 2. The van der Waals surface area contributed by atoms with Crippen LogP contribution in [0.25, 0.3) is 0 Å². The van der Waals surface area contributed by atoms with Gasteiger partial charge in [0.2, 0.25) is 5.56 Å². The van der Waals surface area contributed by atoms with Crippen LogP contribution in [0.3, 0.4) is 0 Å². The van der Waals surface area contributed by atoms with Crippen LogP contribution in [0.4, 0.5) is 26.5 Å². The van der Waals surface area contributed by atoms with E-state index in [1.54, 1.807) is 23.2 Å². The second kappa shape index (κ2) is 7.93. The van der Waals surface area contributed by atoms with E-state index in [-0.39, 0.29) is 22.8 Å². The van der Waals surface area contributed by atoms with E-state index in [9.17, 15) is 18.8 Å². The number of anilines is 3. The predicted molar refractivity (Wildman–Crippen MR) is 126 cm³/mol. The van der Waals surface area contributed by atoms with Gasteiger partial charge in [-0.25, -0.2) is 14.2 Å².